The van der Waals surface area contributed by atoms with Crippen molar-refractivity contribution in [3.05, 3.63) is 34.9 Å². The number of halogens is 1. The second-order valence-electron chi connectivity index (χ2n) is 15.4. The van der Waals surface area contributed by atoms with Gasteiger partial charge in [0.25, 0.3) is 5.91 Å². The van der Waals surface area contributed by atoms with E-state index in [0.29, 0.717) is 30.2 Å². The number of hydrogen-bond acceptors (Lipinski definition) is 10. The minimum atomic E-state index is -1.11. The number of rotatable bonds is 12. The molecule has 3 N–H and O–H groups in total. The van der Waals surface area contributed by atoms with Crippen molar-refractivity contribution < 1.29 is 43.0 Å². The van der Waals surface area contributed by atoms with Gasteiger partial charge < -0.3 is 39.9 Å². The molecule has 1 aromatic rings. The highest BCUT2D eigenvalue weighted by Gasteiger charge is 2.56. The second-order valence-corrected chi connectivity index (χ2v) is 15.8. The summed E-state index contributed by atoms with van der Waals surface area (Å²) in [4.78, 5) is 75.7. The van der Waals surface area contributed by atoms with Gasteiger partial charge in [-0.25, -0.2) is 4.79 Å². The number of benzene rings is 1. The second kappa shape index (κ2) is 15.1. The number of likely N-dealkylation sites (tertiary alicyclic amines) is 1. The number of ketones is 1. The number of carbonyl (C=O) groups excluding carboxylic acids is 5. The van der Waals surface area contributed by atoms with Gasteiger partial charge in [0, 0.05) is 29.5 Å². The largest absolute Gasteiger partial charge is 0.443 e. The molecule has 5 aliphatic rings. The van der Waals surface area contributed by atoms with Crippen LogP contribution in [0.4, 0.5) is 4.79 Å². The maximum absolute atomic E-state index is 14.6. The van der Waals surface area contributed by atoms with Crippen LogP contribution in [0.25, 0.3) is 0 Å². The van der Waals surface area contributed by atoms with Gasteiger partial charge in [0.15, 0.2) is 11.9 Å². The van der Waals surface area contributed by atoms with Crippen LogP contribution in [-0.2, 0) is 38.2 Å². The first-order valence-electron chi connectivity index (χ1n) is 17.9. The average Bonchev–Trinajstić information content (AvgIpc) is 3.41. The zero-order valence-corrected chi connectivity index (χ0v) is 30.3. The minimum absolute atomic E-state index is 0.0198. The normalized spacial score (nSPS) is 28.0. The number of unbranched alkanes of at least 4 members (excludes halogenated alkanes) is 1. The van der Waals surface area contributed by atoms with Gasteiger partial charge in [-0.1, -0.05) is 69.4 Å². The van der Waals surface area contributed by atoms with Crippen LogP contribution >= 0.6 is 11.6 Å². The van der Waals surface area contributed by atoms with Gasteiger partial charge in [-0.2, -0.15) is 0 Å². The quantitative estimate of drug-likeness (QED) is 0.273. The van der Waals surface area contributed by atoms with E-state index in [1.54, 1.807) is 39.0 Å². The molecule has 14 nitrogen and oxygen atoms in total. The average molecular weight is 730 g/mol. The third-order valence-electron chi connectivity index (χ3n) is 10.2. The smallest absolute Gasteiger partial charge is 0.408 e. The van der Waals surface area contributed by atoms with Crippen molar-refractivity contribution in [2.75, 3.05) is 19.8 Å². The number of fused-ring (bicyclic) bond motifs is 1. The molecule has 6 rings (SSSR count). The molecule has 0 aromatic heterocycles. The molecule has 4 amide bonds. The number of nitrogens with one attached hydrogen (secondary N) is 3. The van der Waals surface area contributed by atoms with Gasteiger partial charge in [0.1, 0.15) is 18.2 Å². The lowest BCUT2D eigenvalue weighted by Gasteiger charge is -2.35. The number of Topliss-reactive ketones (excluding diaryl/α,β-unsaturated/α-hetero) is 1. The number of nitrogens with zero attached hydrogens (tertiary/aromatic N) is 2. The fourth-order valence-corrected chi connectivity index (χ4v) is 7.38. The Morgan fingerprint density at radius 3 is 2.61 bits per heavy atom. The molecule has 278 valence electrons. The maximum atomic E-state index is 14.6. The van der Waals surface area contributed by atoms with Gasteiger partial charge in [0.05, 0.1) is 37.4 Å². The van der Waals surface area contributed by atoms with Crippen molar-refractivity contribution in [3.63, 3.8) is 0 Å². The van der Waals surface area contributed by atoms with Crippen molar-refractivity contribution in [1.29, 1.82) is 0 Å². The van der Waals surface area contributed by atoms with Gasteiger partial charge in [-0.05, 0) is 43.2 Å². The molecule has 4 aliphatic heterocycles. The summed E-state index contributed by atoms with van der Waals surface area (Å²) in [5.74, 6) is -2.66. The predicted octanol–water partition coefficient (Wildman–Crippen LogP) is 3.23. The zero-order valence-electron chi connectivity index (χ0n) is 29.6. The van der Waals surface area contributed by atoms with E-state index in [2.05, 4.69) is 21.1 Å². The summed E-state index contributed by atoms with van der Waals surface area (Å²) in [6, 6.07) is 3.86. The highest BCUT2D eigenvalue weighted by atomic mass is 35.5. The molecule has 1 aliphatic carbocycles. The molecular weight excluding hydrogens is 682 g/mol. The van der Waals surface area contributed by atoms with E-state index in [1.165, 1.54) is 4.90 Å². The lowest BCUT2D eigenvalue weighted by atomic mass is 9.85. The first-order valence-corrected chi connectivity index (χ1v) is 18.3. The summed E-state index contributed by atoms with van der Waals surface area (Å²) in [6.07, 6.45) is 2.55. The summed E-state index contributed by atoms with van der Waals surface area (Å²) in [5, 5.41) is 13.2. The lowest BCUT2D eigenvalue weighted by Crippen LogP contribution is -2.59. The molecule has 1 aromatic carbocycles. The van der Waals surface area contributed by atoms with E-state index in [1.807, 2.05) is 13.0 Å². The monoisotopic (exact) mass is 729 g/mol. The van der Waals surface area contributed by atoms with E-state index in [0.717, 1.165) is 24.8 Å². The lowest BCUT2D eigenvalue weighted by molar-refractivity contribution is -0.144. The van der Waals surface area contributed by atoms with Gasteiger partial charge in [0.2, 0.25) is 17.6 Å². The number of alkyl carbamates (subject to hydrolysis) is 1. The van der Waals surface area contributed by atoms with E-state index < -0.39 is 71.1 Å². The van der Waals surface area contributed by atoms with Crippen LogP contribution in [0, 0.1) is 11.3 Å². The fraction of sp³-hybridized carbons (Fsp3) is 0.667. The summed E-state index contributed by atoms with van der Waals surface area (Å²) >= 11 is 6.25. The Balaban J connectivity index is 1.23. The van der Waals surface area contributed by atoms with Crippen LogP contribution < -0.4 is 16.0 Å². The molecule has 4 fully saturated rings. The van der Waals surface area contributed by atoms with Crippen molar-refractivity contribution in [1.82, 2.24) is 20.9 Å². The summed E-state index contributed by atoms with van der Waals surface area (Å²) in [5.41, 5.74) is -0.513. The minimum Gasteiger partial charge on any atom is -0.443 e. The van der Waals surface area contributed by atoms with Gasteiger partial charge >= 0.3 is 6.09 Å². The molecule has 0 unspecified atom stereocenters. The molecule has 15 heteroatoms. The van der Waals surface area contributed by atoms with Crippen LogP contribution in [0.1, 0.15) is 84.6 Å². The topological polar surface area (TPSA) is 174 Å². The highest BCUT2D eigenvalue weighted by molar-refractivity contribution is 6.38. The molecule has 51 heavy (non-hydrogen) atoms. The molecule has 0 radical (unpaired) electrons. The summed E-state index contributed by atoms with van der Waals surface area (Å²) < 4.78 is 16.9. The van der Waals surface area contributed by atoms with E-state index in [9.17, 15) is 24.0 Å². The van der Waals surface area contributed by atoms with Crippen LogP contribution in [0.5, 0.6) is 0 Å². The number of oxime groups is 1. The highest BCUT2D eigenvalue weighted by Crippen LogP contribution is 2.40. The standard InChI is InChI=1S/C36H48ClN5O9/c1-5-6-10-24(28(43)31(45)38-22-11-12-22)39-30(44)26-17-36(16-25(41-51-36)20-8-7-9-21(37)15-20)19-42(26)32(46)29(35(2,3)4)40-34(47)50-27-18-49-33-23(27)13-14-48-33/h7-9,15,22-24,26-27,29,33H,5-6,10-14,16-19H2,1-4H3,(H,38,45)(H,39,44)(H,40,47)/t23-,24-,26-,27-,29+,33+,36+/m0/s1. The van der Waals surface area contributed by atoms with Crippen molar-refractivity contribution in [3.8, 4) is 0 Å². The molecule has 4 heterocycles. The molecule has 3 saturated heterocycles. The Bertz CT molecular complexity index is 1560. The van der Waals surface area contributed by atoms with E-state index in [-0.39, 0.29) is 44.4 Å². The number of carbonyl (C=O) groups is 5. The van der Waals surface area contributed by atoms with Crippen LogP contribution in [0.2, 0.25) is 5.02 Å². The molecule has 1 saturated carbocycles. The number of amides is 4. The van der Waals surface area contributed by atoms with Crippen molar-refractivity contribution in [2.45, 2.75) is 121 Å². The zero-order chi connectivity index (χ0) is 36.5. The van der Waals surface area contributed by atoms with E-state index >= 15 is 0 Å². The maximum Gasteiger partial charge on any atom is 0.408 e. The van der Waals surface area contributed by atoms with Crippen molar-refractivity contribution in [2.24, 2.45) is 16.5 Å². The third-order valence-corrected chi connectivity index (χ3v) is 10.5. The number of ether oxygens (including phenoxy) is 3. The Labute approximate surface area is 302 Å². The molecule has 0 bridgehead atoms. The first kappa shape index (κ1) is 37.0. The Hall–Kier alpha value is -3.75. The third kappa shape index (κ3) is 8.49. The predicted molar refractivity (Wildman–Crippen MR) is 185 cm³/mol. The van der Waals surface area contributed by atoms with Crippen LogP contribution in [-0.4, -0.2) is 102 Å². The van der Waals surface area contributed by atoms with Crippen LogP contribution in [0.15, 0.2) is 29.4 Å². The van der Waals surface area contributed by atoms with Gasteiger partial charge in [-0.3, -0.25) is 19.2 Å². The Kier molecular flexibility index (Phi) is 10.9. The van der Waals surface area contributed by atoms with Crippen molar-refractivity contribution >= 4 is 46.9 Å². The summed E-state index contributed by atoms with van der Waals surface area (Å²) in [7, 11) is 0. The summed E-state index contributed by atoms with van der Waals surface area (Å²) in [6.45, 7) is 8.06. The van der Waals surface area contributed by atoms with Crippen LogP contribution in [0.3, 0.4) is 0 Å². The molecule has 7 atom stereocenters. The Morgan fingerprint density at radius 1 is 1.12 bits per heavy atom. The van der Waals surface area contributed by atoms with E-state index in [4.69, 9.17) is 30.6 Å². The SMILES string of the molecule is CCCC[C@H](NC(=O)[C@@H]1C[C@]2(CC(c3cccc(Cl)c3)=NO2)CN1C(=O)[C@@H](NC(=O)O[C@H]1CO[C@H]2OCC[C@H]21)C(C)(C)C)C(=O)C(=O)NC1CC1. The number of hydrogen-bond donors (Lipinski definition) is 3. The Morgan fingerprint density at radius 2 is 1.90 bits per heavy atom. The molecular formula is C36H48ClN5O9. The molecule has 1 spiro atoms. The fourth-order valence-electron chi connectivity index (χ4n) is 7.19. The first-order chi connectivity index (χ1) is 24.3. The van der Waals surface area contributed by atoms with Gasteiger partial charge in [-0.15, -0.1) is 0 Å².